The Morgan fingerprint density at radius 3 is 2.63 bits per heavy atom. The van der Waals surface area contributed by atoms with Crippen molar-refractivity contribution >= 4 is 33.4 Å². The van der Waals surface area contributed by atoms with Gasteiger partial charge in [0.2, 0.25) is 0 Å². The van der Waals surface area contributed by atoms with Crippen molar-refractivity contribution in [3.8, 4) is 11.1 Å². The molecule has 0 amide bonds. The predicted octanol–water partition coefficient (Wildman–Crippen LogP) is 5.32. The van der Waals surface area contributed by atoms with E-state index in [9.17, 15) is 0 Å². The highest BCUT2D eigenvalue weighted by Gasteiger charge is 2.19. The fourth-order valence-electron chi connectivity index (χ4n) is 3.07. The zero-order chi connectivity index (χ0) is 13.0. The first kappa shape index (κ1) is 11.5. The van der Waals surface area contributed by atoms with Crippen LogP contribution in [-0.2, 0) is 6.42 Å². The Balaban J connectivity index is 2.05. The molecule has 1 aliphatic carbocycles. The second-order valence-corrected chi connectivity index (χ2v) is 6.47. The number of fused-ring (bicyclic) bond motifs is 4. The number of benzene rings is 3. The Hall–Kier alpha value is -1.35. The summed E-state index contributed by atoms with van der Waals surface area (Å²) in [4.78, 5) is 0. The highest BCUT2D eigenvalue weighted by Crippen LogP contribution is 2.39. The van der Waals surface area contributed by atoms with Gasteiger partial charge in [-0.25, -0.2) is 0 Å². The molecule has 0 N–H and O–H groups in total. The third kappa shape index (κ3) is 1.71. The van der Waals surface area contributed by atoms with Crippen LogP contribution in [0.5, 0.6) is 0 Å². The van der Waals surface area contributed by atoms with Crippen molar-refractivity contribution in [3.05, 3.63) is 68.8 Å². The van der Waals surface area contributed by atoms with E-state index in [1.54, 1.807) is 0 Å². The van der Waals surface area contributed by atoms with Gasteiger partial charge in [-0.05, 0) is 81.1 Å². The third-order valence-corrected chi connectivity index (χ3v) is 4.92. The molecule has 1 aliphatic rings. The van der Waals surface area contributed by atoms with E-state index in [0.29, 0.717) is 0 Å². The average Bonchev–Trinajstić information content (AvgIpc) is 2.73. The minimum Gasteiger partial charge on any atom is -0.0606 e. The molecule has 0 aliphatic heterocycles. The summed E-state index contributed by atoms with van der Waals surface area (Å²) in [6, 6.07) is 18.1. The summed E-state index contributed by atoms with van der Waals surface area (Å²) in [6.07, 6.45) is 1.08. The Morgan fingerprint density at radius 2 is 1.74 bits per heavy atom. The van der Waals surface area contributed by atoms with E-state index in [-0.39, 0.29) is 0 Å². The van der Waals surface area contributed by atoms with Crippen LogP contribution in [-0.4, -0.2) is 0 Å². The number of hydrogen-bond donors (Lipinski definition) is 0. The summed E-state index contributed by atoms with van der Waals surface area (Å²) >= 11 is 2.43. The highest BCUT2D eigenvalue weighted by molar-refractivity contribution is 14.1. The van der Waals surface area contributed by atoms with Gasteiger partial charge in [0.25, 0.3) is 0 Å². The van der Waals surface area contributed by atoms with Crippen molar-refractivity contribution in [2.75, 3.05) is 0 Å². The molecule has 19 heavy (non-hydrogen) atoms. The van der Waals surface area contributed by atoms with Crippen LogP contribution >= 0.6 is 22.6 Å². The van der Waals surface area contributed by atoms with Crippen molar-refractivity contribution in [3.63, 3.8) is 0 Å². The Bertz CT molecular complexity index is 815. The van der Waals surface area contributed by atoms with Gasteiger partial charge in [0.1, 0.15) is 0 Å². The Kier molecular flexibility index (Phi) is 2.46. The molecule has 0 fully saturated rings. The number of hydrogen-bond acceptors (Lipinski definition) is 0. The van der Waals surface area contributed by atoms with Gasteiger partial charge in [0.15, 0.2) is 0 Å². The first-order chi connectivity index (χ1) is 9.22. The van der Waals surface area contributed by atoms with Gasteiger partial charge in [-0.3, -0.25) is 0 Å². The standard InChI is InChI=1S/C18H13I/c1-11-5-6-15-13(7-11)9-14-8-12-3-2-4-18(19)17(12)10-16(14)15/h2-8,10H,9H2,1H3. The molecule has 0 saturated carbocycles. The maximum atomic E-state index is 2.43. The van der Waals surface area contributed by atoms with E-state index in [1.807, 2.05) is 0 Å². The zero-order valence-corrected chi connectivity index (χ0v) is 12.9. The van der Waals surface area contributed by atoms with Crippen LogP contribution < -0.4 is 0 Å². The van der Waals surface area contributed by atoms with Gasteiger partial charge in [0.05, 0.1) is 0 Å². The fourth-order valence-corrected chi connectivity index (χ4v) is 3.74. The second-order valence-electron chi connectivity index (χ2n) is 5.31. The Morgan fingerprint density at radius 1 is 0.895 bits per heavy atom. The van der Waals surface area contributed by atoms with Gasteiger partial charge < -0.3 is 0 Å². The minimum atomic E-state index is 1.08. The molecular formula is C18H13I. The molecule has 4 rings (SSSR count). The summed E-state index contributed by atoms with van der Waals surface area (Å²) in [5.41, 5.74) is 7.13. The van der Waals surface area contributed by atoms with E-state index in [4.69, 9.17) is 0 Å². The van der Waals surface area contributed by atoms with Gasteiger partial charge in [-0.1, -0.05) is 42.0 Å². The number of rotatable bonds is 0. The molecule has 92 valence electrons. The fraction of sp³-hybridized carbons (Fsp3) is 0.111. The van der Waals surface area contributed by atoms with Crippen molar-refractivity contribution < 1.29 is 0 Å². The third-order valence-electron chi connectivity index (χ3n) is 3.98. The van der Waals surface area contributed by atoms with E-state index in [0.717, 1.165) is 6.42 Å². The molecule has 3 aromatic carbocycles. The molecule has 1 heteroatoms. The molecule has 0 unspecified atom stereocenters. The van der Waals surface area contributed by atoms with E-state index in [1.165, 1.54) is 42.2 Å². The number of halogens is 1. The predicted molar refractivity (Wildman–Crippen MR) is 89.6 cm³/mol. The van der Waals surface area contributed by atoms with Crippen molar-refractivity contribution in [2.24, 2.45) is 0 Å². The topological polar surface area (TPSA) is 0 Å². The second kappa shape index (κ2) is 4.07. The molecule has 0 nitrogen and oxygen atoms in total. The minimum absolute atomic E-state index is 1.08. The van der Waals surface area contributed by atoms with Crippen LogP contribution in [0.25, 0.3) is 21.9 Å². The molecule has 0 bridgehead atoms. The van der Waals surface area contributed by atoms with Gasteiger partial charge in [0, 0.05) is 3.57 Å². The first-order valence-corrected chi connectivity index (χ1v) is 7.61. The SMILES string of the molecule is Cc1ccc2c(c1)Cc1cc3cccc(I)c3cc1-2. The average molecular weight is 356 g/mol. The monoisotopic (exact) mass is 356 g/mol. The van der Waals surface area contributed by atoms with Crippen LogP contribution in [0.3, 0.4) is 0 Å². The van der Waals surface area contributed by atoms with Crippen molar-refractivity contribution in [1.82, 2.24) is 0 Å². The molecule has 0 aromatic heterocycles. The molecule has 0 saturated heterocycles. The summed E-state index contributed by atoms with van der Waals surface area (Å²) in [5, 5.41) is 2.73. The largest absolute Gasteiger partial charge is 0.0606 e. The molecule has 0 radical (unpaired) electrons. The van der Waals surface area contributed by atoms with Crippen LogP contribution in [0.2, 0.25) is 0 Å². The lowest BCUT2D eigenvalue weighted by atomic mass is 10.0. The van der Waals surface area contributed by atoms with Gasteiger partial charge >= 0.3 is 0 Å². The van der Waals surface area contributed by atoms with E-state index < -0.39 is 0 Å². The molecule has 0 spiro atoms. The summed E-state index contributed by atoms with van der Waals surface area (Å²) in [5.74, 6) is 0. The molecule has 0 atom stereocenters. The van der Waals surface area contributed by atoms with Gasteiger partial charge in [-0.2, -0.15) is 0 Å². The first-order valence-electron chi connectivity index (χ1n) is 6.53. The summed E-state index contributed by atoms with van der Waals surface area (Å²) in [7, 11) is 0. The smallest absolute Gasteiger partial charge is 0.0209 e. The summed E-state index contributed by atoms with van der Waals surface area (Å²) < 4.78 is 1.33. The molecule has 0 heterocycles. The normalized spacial score (nSPS) is 12.5. The van der Waals surface area contributed by atoms with Gasteiger partial charge in [-0.15, -0.1) is 0 Å². The Labute approximate surface area is 126 Å². The van der Waals surface area contributed by atoms with Crippen molar-refractivity contribution in [2.45, 2.75) is 13.3 Å². The van der Waals surface area contributed by atoms with Crippen LogP contribution in [0.15, 0.2) is 48.5 Å². The molecule has 3 aromatic rings. The van der Waals surface area contributed by atoms with E-state index in [2.05, 4.69) is 78.0 Å². The number of aryl methyl sites for hydroxylation is 1. The molecular weight excluding hydrogens is 343 g/mol. The lowest BCUT2D eigenvalue weighted by molar-refractivity contribution is 1.25. The van der Waals surface area contributed by atoms with Crippen LogP contribution in [0.1, 0.15) is 16.7 Å². The zero-order valence-electron chi connectivity index (χ0n) is 10.7. The quantitative estimate of drug-likeness (QED) is 0.374. The van der Waals surface area contributed by atoms with E-state index >= 15 is 0 Å². The highest BCUT2D eigenvalue weighted by atomic mass is 127. The van der Waals surface area contributed by atoms with Crippen molar-refractivity contribution in [1.29, 1.82) is 0 Å². The maximum Gasteiger partial charge on any atom is 0.0209 e. The lowest BCUT2D eigenvalue weighted by Crippen LogP contribution is -1.83. The maximum absolute atomic E-state index is 2.43. The summed E-state index contributed by atoms with van der Waals surface area (Å²) in [6.45, 7) is 2.17. The lowest BCUT2D eigenvalue weighted by Gasteiger charge is -2.06. The van der Waals surface area contributed by atoms with Crippen LogP contribution in [0.4, 0.5) is 0 Å². The van der Waals surface area contributed by atoms with Crippen LogP contribution in [0, 0.1) is 10.5 Å².